The number of carbonyl (C=O) groups is 1. The molecular weight excluding hydrogens is 335 g/mol. The van der Waals surface area contributed by atoms with Crippen LogP contribution in [0.15, 0.2) is 0 Å². The van der Waals surface area contributed by atoms with Crippen molar-refractivity contribution in [2.75, 3.05) is 19.5 Å². The molecular formula is C12H16F3N5O4. The number of nitrogens with two attached hydrogens (primary N) is 1. The first-order valence-electron chi connectivity index (χ1n) is 6.69. The molecule has 4 N–H and O–H groups in total. The van der Waals surface area contributed by atoms with E-state index in [2.05, 4.69) is 26.9 Å². The van der Waals surface area contributed by atoms with Gasteiger partial charge < -0.3 is 20.3 Å². The Morgan fingerprint density at radius 2 is 1.96 bits per heavy atom. The van der Waals surface area contributed by atoms with Crippen LogP contribution in [0.4, 0.5) is 19.0 Å². The number of carboxylic acid groups (broad SMARTS) is 1. The van der Waals surface area contributed by atoms with Crippen LogP contribution in [0.1, 0.15) is 19.8 Å². The van der Waals surface area contributed by atoms with Gasteiger partial charge in [-0.15, -0.1) is 0 Å². The Morgan fingerprint density at radius 3 is 2.46 bits per heavy atom. The molecule has 0 aliphatic rings. The van der Waals surface area contributed by atoms with Crippen molar-refractivity contribution >= 4 is 23.0 Å². The number of alkyl halides is 3. The molecule has 0 bridgehead atoms. The van der Waals surface area contributed by atoms with Crippen LogP contribution >= 0.6 is 0 Å². The van der Waals surface area contributed by atoms with Crippen LogP contribution in [0, 0.1) is 0 Å². The van der Waals surface area contributed by atoms with Gasteiger partial charge in [0.25, 0.3) is 6.01 Å². The molecule has 24 heavy (non-hydrogen) atoms. The molecule has 0 saturated carbocycles. The van der Waals surface area contributed by atoms with Crippen LogP contribution in [-0.2, 0) is 4.79 Å². The highest BCUT2D eigenvalue weighted by Gasteiger charge is 2.38. The molecule has 2 aromatic rings. The molecule has 9 nitrogen and oxygen atoms in total. The van der Waals surface area contributed by atoms with E-state index in [4.69, 9.17) is 25.1 Å². The molecule has 0 fully saturated rings. The second kappa shape index (κ2) is 8.17. The van der Waals surface area contributed by atoms with E-state index in [9.17, 15) is 13.2 Å². The molecule has 2 heterocycles. The van der Waals surface area contributed by atoms with Crippen molar-refractivity contribution in [1.82, 2.24) is 19.9 Å². The monoisotopic (exact) mass is 351 g/mol. The van der Waals surface area contributed by atoms with E-state index in [-0.39, 0.29) is 11.8 Å². The minimum absolute atomic E-state index is 0.259. The summed E-state index contributed by atoms with van der Waals surface area (Å²) in [6.45, 7) is 2.66. The highest BCUT2D eigenvalue weighted by atomic mass is 19.4. The number of aromatic amines is 1. The number of nitrogen functional groups attached to an aromatic ring is 1. The van der Waals surface area contributed by atoms with Gasteiger partial charge in [0, 0.05) is 0 Å². The summed E-state index contributed by atoms with van der Waals surface area (Å²) in [6.07, 6.45) is -3.08. The van der Waals surface area contributed by atoms with Crippen LogP contribution in [0.25, 0.3) is 11.2 Å². The fraction of sp³-hybridized carbons (Fsp3) is 0.500. The molecule has 12 heteroatoms. The number of hydrogen-bond donors (Lipinski definition) is 3. The normalized spacial score (nSPS) is 10.9. The molecule has 134 valence electrons. The van der Waals surface area contributed by atoms with Crippen LogP contribution in [0.5, 0.6) is 12.0 Å². The van der Waals surface area contributed by atoms with Crippen molar-refractivity contribution < 1.29 is 32.5 Å². The predicted molar refractivity (Wildman–Crippen MR) is 76.7 cm³/mol. The lowest BCUT2D eigenvalue weighted by Gasteiger charge is -2.03. The number of H-pyrrole nitrogens is 1. The molecule has 0 aliphatic carbocycles. The zero-order chi connectivity index (χ0) is 18.3. The number of halogens is 3. The van der Waals surface area contributed by atoms with Gasteiger partial charge in [-0.2, -0.15) is 28.1 Å². The summed E-state index contributed by atoms with van der Waals surface area (Å²) in [5.41, 5.74) is 6.77. The third-order valence-electron chi connectivity index (χ3n) is 2.49. The van der Waals surface area contributed by atoms with Gasteiger partial charge in [0.2, 0.25) is 0 Å². The van der Waals surface area contributed by atoms with Crippen molar-refractivity contribution in [2.45, 2.75) is 25.9 Å². The number of ether oxygens (including phenoxy) is 2. The number of hydrogen-bond acceptors (Lipinski definition) is 7. The molecule has 0 spiro atoms. The van der Waals surface area contributed by atoms with Crippen LogP contribution in [0.3, 0.4) is 0 Å². The second-order valence-corrected chi connectivity index (χ2v) is 4.34. The van der Waals surface area contributed by atoms with Gasteiger partial charge in [-0.05, 0) is 6.42 Å². The quantitative estimate of drug-likeness (QED) is 0.693. The Balaban J connectivity index is 0.000000351. The van der Waals surface area contributed by atoms with E-state index >= 15 is 0 Å². The predicted octanol–water partition coefficient (Wildman–Crippen LogP) is 1.76. The van der Waals surface area contributed by atoms with Crippen molar-refractivity contribution in [3.05, 3.63) is 0 Å². The van der Waals surface area contributed by atoms with Crippen LogP contribution in [-0.4, -0.2) is 50.9 Å². The lowest BCUT2D eigenvalue weighted by atomic mass is 10.4. The fourth-order valence-corrected chi connectivity index (χ4v) is 1.35. The lowest BCUT2D eigenvalue weighted by Crippen LogP contribution is -2.21. The molecule has 0 atom stereocenters. The number of rotatable bonds is 5. The molecule has 0 radical (unpaired) electrons. The average molecular weight is 351 g/mol. The number of methoxy groups -OCH3 is 1. The van der Waals surface area contributed by atoms with Gasteiger partial charge in [0.15, 0.2) is 17.0 Å². The summed E-state index contributed by atoms with van der Waals surface area (Å²) >= 11 is 0. The average Bonchev–Trinajstić information content (AvgIpc) is 2.91. The molecule has 2 aromatic heterocycles. The van der Waals surface area contributed by atoms with E-state index in [1.54, 1.807) is 0 Å². The Morgan fingerprint density at radius 1 is 1.33 bits per heavy atom. The zero-order valence-corrected chi connectivity index (χ0v) is 12.8. The second-order valence-electron chi connectivity index (χ2n) is 4.34. The first-order chi connectivity index (χ1) is 11.2. The third-order valence-corrected chi connectivity index (χ3v) is 2.49. The lowest BCUT2D eigenvalue weighted by molar-refractivity contribution is -0.192. The van der Waals surface area contributed by atoms with Gasteiger partial charge >= 0.3 is 18.2 Å². The number of nitrogens with one attached hydrogen (secondary N) is 1. The number of fused-ring (bicyclic) bond motifs is 1. The van der Waals surface area contributed by atoms with Gasteiger partial charge in [-0.3, -0.25) is 4.98 Å². The van der Waals surface area contributed by atoms with Crippen molar-refractivity contribution in [2.24, 2.45) is 0 Å². The van der Waals surface area contributed by atoms with Crippen molar-refractivity contribution in [3.63, 3.8) is 0 Å². The summed E-state index contributed by atoms with van der Waals surface area (Å²) in [5.74, 6) is -2.48. The first kappa shape index (κ1) is 19.3. The topological polar surface area (TPSA) is 136 Å². The summed E-state index contributed by atoms with van der Waals surface area (Å²) in [4.78, 5) is 24.0. The molecule has 0 aliphatic heterocycles. The van der Waals surface area contributed by atoms with Crippen LogP contribution < -0.4 is 15.2 Å². The third kappa shape index (κ3) is 5.44. The van der Waals surface area contributed by atoms with Gasteiger partial charge in [-0.1, -0.05) is 13.3 Å². The van der Waals surface area contributed by atoms with Crippen molar-refractivity contribution in [1.29, 1.82) is 0 Å². The Labute approximate surface area is 134 Å². The Bertz CT molecular complexity index is 689. The van der Waals surface area contributed by atoms with E-state index in [0.717, 1.165) is 12.8 Å². The number of unbranched alkanes of at least 4 members (excludes halogenated alkanes) is 1. The number of imidazole rings is 1. The Kier molecular flexibility index (Phi) is 6.56. The van der Waals surface area contributed by atoms with E-state index in [1.165, 1.54) is 7.11 Å². The van der Waals surface area contributed by atoms with Crippen LogP contribution in [0.2, 0.25) is 0 Å². The number of aliphatic carboxylic acids is 1. The molecule has 0 amide bonds. The SMILES string of the molecule is CCCCOc1nc(N)c2nc(OC)[nH]c2n1.O=C(O)C(F)(F)F. The maximum atomic E-state index is 10.6. The van der Waals surface area contributed by atoms with E-state index < -0.39 is 12.1 Å². The maximum absolute atomic E-state index is 10.6. The van der Waals surface area contributed by atoms with E-state index in [1.807, 2.05) is 0 Å². The summed E-state index contributed by atoms with van der Waals surface area (Å²) in [6, 6.07) is 0.612. The molecule has 2 rings (SSSR count). The summed E-state index contributed by atoms with van der Waals surface area (Å²) in [7, 11) is 1.51. The van der Waals surface area contributed by atoms with Crippen molar-refractivity contribution in [3.8, 4) is 12.0 Å². The first-order valence-corrected chi connectivity index (χ1v) is 6.69. The fourth-order valence-electron chi connectivity index (χ4n) is 1.35. The maximum Gasteiger partial charge on any atom is 0.490 e. The zero-order valence-electron chi connectivity index (χ0n) is 12.8. The number of aromatic nitrogens is 4. The summed E-state index contributed by atoms with van der Waals surface area (Å²) < 4.78 is 42.1. The van der Waals surface area contributed by atoms with Gasteiger partial charge in [0.05, 0.1) is 13.7 Å². The number of anilines is 1. The standard InChI is InChI=1S/C10H15N5O2.C2HF3O2/c1-3-4-5-17-10-13-7(11)6-8(15-10)14-9(12-6)16-2;3-2(4,5)1(6)7/h3-5H2,1-2H3,(H3,11,12,13,14,15);(H,6,7). The molecule has 0 aromatic carbocycles. The number of carboxylic acids is 1. The largest absolute Gasteiger partial charge is 0.490 e. The van der Waals surface area contributed by atoms with Gasteiger partial charge in [-0.25, -0.2) is 4.79 Å². The molecule has 0 unspecified atom stereocenters. The summed E-state index contributed by atoms with van der Waals surface area (Å²) in [5, 5.41) is 7.12. The highest BCUT2D eigenvalue weighted by molar-refractivity contribution is 5.82. The minimum atomic E-state index is -5.08. The molecule has 0 saturated heterocycles. The van der Waals surface area contributed by atoms with Gasteiger partial charge in [0.1, 0.15) is 0 Å². The highest BCUT2D eigenvalue weighted by Crippen LogP contribution is 2.20. The smallest absolute Gasteiger partial charge is 0.475 e. The number of nitrogens with zero attached hydrogens (tertiary/aromatic N) is 3. The Hall–Kier alpha value is -2.79. The minimum Gasteiger partial charge on any atom is -0.475 e. The van der Waals surface area contributed by atoms with E-state index in [0.29, 0.717) is 23.8 Å².